The van der Waals surface area contributed by atoms with Crippen LogP contribution >= 0.6 is 0 Å². The predicted octanol–water partition coefficient (Wildman–Crippen LogP) is 2.19. The van der Waals surface area contributed by atoms with Crippen LogP contribution in [0.1, 0.15) is 14.9 Å². The zero-order valence-corrected chi connectivity index (χ0v) is 5.27. The van der Waals surface area contributed by atoms with Crippen LogP contribution in [-0.4, -0.2) is 33.4 Å². The van der Waals surface area contributed by atoms with Gasteiger partial charge in [-0.15, -0.1) is 0 Å². The number of hydrogen-bond acceptors (Lipinski definition) is 2. The van der Waals surface area contributed by atoms with Gasteiger partial charge in [-0.05, 0) is 0 Å². The first-order chi connectivity index (χ1) is 4.43. The SMILES string of the molecule is C.C.CF.FCOCC1CO1. The first-order valence-electron chi connectivity index (χ1n) is 2.56. The Morgan fingerprint density at radius 3 is 2.18 bits per heavy atom. The summed E-state index contributed by atoms with van der Waals surface area (Å²) in [5.41, 5.74) is 0. The van der Waals surface area contributed by atoms with Crippen molar-refractivity contribution in [1.82, 2.24) is 0 Å². The molecule has 0 saturated carbocycles. The fourth-order valence-electron chi connectivity index (χ4n) is 0.340. The van der Waals surface area contributed by atoms with E-state index in [-0.39, 0.29) is 21.0 Å². The van der Waals surface area contributed by atoms with Gasteiger partial charge in [0.1, 0.15) is 6.10 Å². The van der Waals surface area contributed by atoms with E-state index in [2.05, 4.69) is 4.74 Å². The maximum Gasteiger partial charge on any atom is 0.188 e. The molecule has 1 aliphatic rings. The first kappa shape index (κ1) is 17.0. The fraction of sp³-hybridized carbons (Fsp3) is 1.00. The monoisotopic (exact) mass is 172 g/mol. The van der Waals surface area contributed by atoms with Crippen LogP contribution in [0.2, 0.25) is 0 Å². The van der Waals surface area contributed by atoms with Gasteiger partial charge in [-0.1, -0.05) is 14.9 Å². The predicted molar refractivity (Wildman–Crippen MR) is 42.2 cm³/mol. The van der Waals surface area contributed by atoms with Gasteiger partial charge in [0.05, 0.1) is 20.4 Å². The van der Waals surface area contributed by atoms with Crippen molar-refractivity contribution in [3.63, 3.8) is 0 Å². The minimum atomic E-state index is -0.695. The van der Waals surface area contributed by atoms with Crippen molar-refractivity contribution in [2.24, 2.45) is 0 Å². The lowest BCUT2D eigenvalue weighted by molar-refractivity contribution is 0.0478. The molecule has 0 radical (unpaired) electrons. The standard InChI is InChI=1S/C4H7FO2.CH3F.2CH4/c5-3-6-1-4-2-7-4;1-2;;/h4H,1-3H2;1H3;2*1H4. The van der Waals surface area contributed by atoms with E-state index < -0.39 is 6.86 Å². The molecule has 4 heteroatoms. The summed E-state index contributed by atoms with van der Waals surface area (Å²) in [5.74, 6) is 0. The third-order valence-corrected chi connectivity index (χ3v) is 0.783. The van der Waals surface area contributed by atoms with Crippen LogP contribution in [-0.2, 0) is 9.47 Å². The van der Waals surface area contributed by atoms with Crippen LogP contribution in [0.25, 0.3) is 0 Å². The average Bonchev–Trinajstić information content (AvgIpc) is 2.71. The van der Waals surface area contributed by atoms with Crippen LogP contribution in [0, 0.1) is 0 Å². The van der Waals surface area contributed by atoms with Crippen LogP contribution in [0.5, 0.6) is 0 Å². The minimum Gasteiger partial charge on any atom is -0.371 e. The van der Waals surface area contributed by atoms with Crippen molar-refractivity contribution in [3.8, 4) is 0 Å². The molecule has 1 heterocycles. The Hall–Kier alpha value is -0.220. The second kappa shape index (κ2) is 12.5. The van der Waals surface area contributed by atoms with Crippen LogP contribution < -0.4 is 0 Å². The summed E-state index contributed by atoms with van der Waals surface area (Å²) in [6, 6.07) is 0. The fourth-order valence-corrected chi connectivity index (χ4v) is 0.340. The average molecular weight is 172 g/mol. The van der Waals surface area contributed by atoms with Gasteiger partial charge in [0, 0.05) is 0 Å². The van der Waals surface area contributed by atoms with Crippen molar-refractivity contribution >= 4 is 0 Å². The highest BCUT2D eigenvalue weighted by atomic mass is 19.1. The molecule has 1 aliphatic heterocycles. The molecule has 1 atom stereocenters. The van der Waals surface area contributed by atoms with Gasteiger partial charge in [0.2, 0.25) is 0 Å². The normalized spacial score (nSPS) is 18.3. The van der Waals surface area contributed by atoms with Crippen LogP contribution in [0.15, 0.2) is 0 Å². The number of hydrogen-bond donors (Lipinski definition) is 0. The molecule has 1 unspecified atom stereocenters. The molecule has 1 rings (SSSR count). The molecule has 2 nitrogen and oxygen atoms in total. The Morgan fingerprint density at radius 2 is 1.91 bits per heavy atom. The molecule has 11 heavy (non-hydrogen) atoms. The van der Waals surface area contributed by atoms with Gasteiger partial charge in [0.15, 0.2) is 6.86 Å². The van der Waals surface area contributed by atoms with Crippen molar-refractivity contribution in [3.05, 3.63) is 0 Å². The number of epoxide rings is 1. The Bertz CT molecular complexity index is 58.4. The van der Waals surface area contributed by atoms with Crippen molar-refractivity contribution < 1.29 is 18.3 Å². The van der Waals surface area contributed by atoms with E-state index in [0.29, 0.717) is 13.8 Å². The number of rotatable bonds is 3. The molecule has 0 N–H and O–H groups in total. The van der Waals surface area contributed by atoms with Gasteiger partial charge in [-0.3, -0.25) is 4.39 Å². The van der Waals surface area contributed by atoms with Gasteiger partial charge in [-0.2, -0.15) is 0 Å². The molecule has 1 fully saturated rings. The summed E-state index contributed by atoms with van der Waals surface area (Å²) in [5, 5.41) is 0. The molecule has 0 spiro atoms. The Labute approximate surface area is 67.5 Å². The first-order valence-corrected chi connectivity index (χ1v) is 2.56. The molecule has 72 valence electrons. The van der Waals surface area contributed by atoms with Crippen molar-refractivity contribution in [2.75, 3.05) is 27.3 Å². The number of halogens is 2. The third kappa shape index (κ3) is 12.9. The molecule has 0 aromatic carbocycles. The van der Waals surface area contributed by atoms with Crippen molar-refractivity contribution in [2.45, 2.75) is 21.0 Å². The van der Waals surface area contributed by atoms with Gasteiger partial charge in [-0.25, -0.2) is 4.39 Å². The summed E-state index contributed by atoms with van der Waals surface area (Å²) >= 11 is 0. The summed E-state index contributed by atoms with van der Waals surface area (Å²) in [6.45, 7) is 0.455. The van der Waals surface area contributed by atoms with E-state index in [1.54, 1.807) is 0 Å². The van der Waals surface area contributed by atoms with Crippen LogP contribution in [0.3, 0.4) is 0 Å². The summed E-state index contributed by atoms with van der Waals surface area (Å²) < 4.78 is 29.7. The largest absolute Gasteiger partial charge is 0.371 e. The van der Waals surface area contributed by atoms with Crippen LogP contribution in [0.4, 0.5) is 8.78 Å². The second-order valence-electron chi connectivity index (χ2n) is 1.44. The van der Waals surface area contributed by atoms with Gasteiger partial charge in [0.25, 0.3) is 0 Å². The lowest BCUT2D eigenvalue weighted by Crippen LogP contribution is -1.98. The molecular weight excluding hydrogens is 154 g/mol. The van der Waals surface area contributed by atoms with E-state index in [9.17, 15) is 8.78 Å². The molecule has 0 bridgehead atoms. The number of alkyl halides is 2. The Morgan fingerprint density at radius 1 is 1.45 bits per heavy atom. The Kier molecular flexibility index (Phi) is 19.3. The van der Waals surface area contributed by atoms with E-state index in [1.807, 2.05) is 0 Å². The Balaban J connectivity index is -0.000000149. The highest BCUT2D eigenvalue weighted by molar-refractivity contribution is 4.66. The topological polar surface area (TPSA) is 21.8 Å². The van der Waals surface area contributed by atoms with E-state index in [1.165, 1.54) is 0 Å². The molecule has 0 aromatic rings. The lowest BCUT2D eigenvalue weighted by Gasteiger charge is -1.89. The third-order valence-electron chi connectivity index (χ3n) is 0.783. The van der Waals surface area contributed by atoms with E-state index in [4.69, 9.17) is 4.74 Å². The summed E-state index contributed by atoms with van der Waals surface area (Å²) in [4.78, 5) is 0. The molecular formula is C7H18F2O2. The zero-order valence-electron chi connectivity index (χ0n) is 5.27. The second-order valence-corrected chi connectivity index (χ2v) is 1.44. The zero-order chi connectivity index (χ0) is 7.11. The molecule has 0 aromatic heterocycles. The van der Waals surface area contributed by atoms with Crippen molar-refractivity contribution in [1.29, 1.82) is 0 Å². The molecule has 0 amide bonds. The summed E-state index contributed by atoms with van der Waals surface area (Å²) in [7, 11) is 0.500. The molecule has 1 saturated heterocycles. The van der Waals surface area contributed by atoms with Gasteiger partial charge >= 0.3 is 0 Å². The minimum absolute atomic E-state index is 0. The summed E-state index contributed by atoms with van der Waals surface area (Å²) in [6.07, 6.45) is 0.191. The maximum atomic E-state index is 11.1. The molecule has 0 aliphatic carbocycles. The van der Waals surface area contributed by atoms with E-state index in [0.717, 1.165) is 6.61 Å². The van der Waals surface area contributed by atoms with Gasteiger partial charge < -0.3 is 9.47 Å². The lowest BCUT2D eigenvalue weighted by atomic mass is 10.5. The quantitative estimate of drug-likeness (QED) is 0.609. The smallest absolute Gasteiger partial charge is 0.188 e. The maximum absolute atomic E-state index is 11.1. The highest BCUT2D eigenvalue weighted by Crippen LogP contribution is 2.07. The highest BCUT2D eigenvalue weighted by Gasteiger charge is 2.21. The number of ether oxygens (including phenoxy) is 2. The van der Waals surface area contributed by atoms with E-state index >= 15 is 0 Å².